The van der Waals surface area contributed by atoms with Crippen molar-refractivity contribution >= 4 is 6.21 Å². The van der Waals surface area contributed by atoms with Gasteiger partial charge in [-0.15, -0.1) is 10.2 Å². The maximum atomic E-state index is 5.72. The van der Waals surface area contributed by atoms with Crippen molar-refractivity contribution in [2.24, 2.45) is 5.16 Å². The number of rotatable bonds is 9. The number of hydrogen-bond acceptors (Lipinski definition) is 6. The summed E-state index contributed by atoms with van der Waals surface area (Å²) in [4.78, 5) is 5.32. The number of nitrogens with zero attached hydrogens (tertiary/aromatic N) is 4. The average molecular weight is 393 g/mol. The zero-order chi connectivity index (χ0) is 20.5. The number of nitrogens with one attached hydrogen (secondary N) is 1. The highest BCUT2D eigenvalue weighted by Crippen LogP contribution is 2.21. The molecule has 0 fully saturated rings. The number of hydrogen-bond donors (Lipinski definition) is 1. The van der Waals surface area contributed by atoms with Gasteiger partial charge in [0.15, 0.2) is 5.82 Å². The summed E-state index contributed by atoms with van der Waals surface area (Å²) in [5, 5.41) is 17.9. The van der Waals surface area contributed by atoms with Gasteiger partial charge in [0.05, 0.1) is 12.8 Å². The minimum atomic E-state index is 0.154. The van der Waals surface area contributed by atoms with Crippen molar-refractivity contribution < 1.29 is 9.57 Å². The van der Waals surface area contributed by atoms with Crippen molar-refractivity contribution in [3.8, 4) is 5.75 Å². The molecule has 0 aliphatic heterocycles. The van der Waals surface area contributed by atoms with E-state index in [1.807, 2.05) is 24.3 Å². The first-order chi connectivity index (χ1) is 14.0. The Morgan fingerprint density at radius 1 is 1.00 bits per heavy atom. The monoisotopic (exact) mass is 393 g/mol. The molecule has 1 heterocycles. The SMILES string of the molecule is CC(C)(C)c1ccc(/C=N/OCCCOc2ccc(Cc3nn[nH]n3)cc2)cc1. The average Bonchev–Trinajstić information content (AvgIpc) is 3.21. The summed E-state index contributed by atoms with van der Waals surface area (Å²) in [5.41, 5.74) is 3.58. The highest BCUT2D eigenvalue weighted by atomic mass is 16.6. The van der Waals surface area contributed by atoms with E-state index in [-0.39, 0.29) is 5.41 Å². The lowest BCUT2D eigenvalue weighted by atomic mass is 9.87. The maximum absolute atomic E-state index is 5.72. The van der Waals surface area contributed by atoms with Gasteiger partial charge in [-0.05, 0) is 34.2 Å². The van der Waals surface area contributed by atoms with Gasteiger partial charge in [0.1, 0.15) is 12.4 Å². The quantitative estimate of drug-likeness (QED) is 0.338. The number of ether oxygens (including phenoxy) is 1. The molecule has 0 radical (unpaired) electrons. The van der Waals surface area contributed by atoms with Crippen molar-refractivity contribution in [2.45, 2.75) is 39.0 Å². The molecule has 0 aliphatic rings. The van der Waals surface area contributed by atoms with E-state index in [9.17, 15) is 0 Å². The number of benzene rings is 2. The Kier molecular flexibility index (Phi) is 6.94. The Morgan fingerprint density at radius 2 is 1.76 bits per heavy atom. The summed E-state index contributed by atoms with van der Waals surface area (Å²) >= 11 is 0. The number of oxime groups is 1. The third-order valence-corrected chi connectivity index (χ3v) is 4.38. The van der Waals surface area contributed by atoms with Gasteiger partial charge in [-0.2, -0.15) is 5.21 Å². The molecule has 29 heavy (non-hydrogen) atoms. The van der Waals surface area contributed by atoms with Crippen LogP contribution in [0.15, 0.2) is 53.7 Å². The number of aromatic nitrogens is 4. The fraction of sp³-hybridized carbons (Fsp3) is 0.364. The van der Waals surface area contributed by atoms with Crippen LogP contribution in [0.25, 0.3) is 0 Å². The van der Waals surface area contributed by atoms with E-state index in [4.69, 9.17) is 9.57 Å². The number of aromatic amines is 1. The second-order valence-electron chi connectivity index (χ2n) is 7.79. The van der Waals surface area contributed by atoms with Gasteiger partial charge in [-0.1, -0.05) is 67.5 Å². The standard InChI is InChI=1S/C22H27N5O2/c1-22(2,3)19-9-5-18(6-10-19)16-23-29-14-4-13-28-20-11-7-17(8-12-20)15-21-24-26-27-25-21/h5-12,16H,4,13-15H2,1-3H3,(H,24,25,26,27)/b23-16+. The van der Waals surface area contributed by atoms with Crippen LogP contribution in [0.1, 0.15) is 49.7 Å². The predicted molar refractivity (Wildman–Crippen MR) is 112 cm³/mol. The largest absolute Gasteiger partial charge is 0.493 e. The Bertz CT molecular complexity index is 882. The van der Waals surface area contributed by atoms with E-state index < -0.39 is 0 Å². The Balaban J connectivity index is 1.32. The third-order valence-electron chi connectivity index (χ3n) is 4.38. The zero-order valence-electron chi connectivity index (χ0n) is 17.1. The highest BCUT2D eigenvalue weighted by molar-refractivity contribution is 5.79. The zero-order valence-corrected chi connectivity index (χ0v) is 17.1. The summed E-state index contributed by atoms with van der Waals surface area (Å²) in [6.45, 7) is 7.68. The van der Waals surface area contributed by atoms with Gasteiger partial charge in [0.2, 0.25) is 0 Å². The molecule has 7 nitrogen and oxygen atoms in total. The molecule has 0 bridgehead atoms. The van der Waals surface area contributed by atoms with E-state index in [0.717, 1.165) is 23.3 Å². The first kappa shape index (κ1) is 20.5. The topological polar surface area (TPSA) is 85.3 Å². The molecule has 0 saturated heterocycles. The van der Waals surface area contributed by atoms with Crippen LogP contribution in [0.3, 0.4) is 0 Å². The van der Waals surface area contributed by atoms with E-state index in [2.05, 4.69) is 70.8 Å². The first-order valence-electron chi connectivity index (χ1n) is 9.71. The fourth-order valence-electron chi connectivity index (χ4n) is 2.68. The molecule has 0 aliphatic carbocycles. The summed E-state index contributed by atoms with van der Waals surface area (Å²) in [7, 11) is 0. The molecule has 152 valence electrons. The molecule has 3 rings (SSSR count). The van der Waals surface area contributed by atoms with E-state index in [1.165, 1.54) is 5.56 Å². The second-order valence-corrected chi connectivity index (χ2v) is 7.79. The summed E-state index contributed by atoms with van der Waals surface area (Å²) in [6, 6.07) is 16.2. The minimum absolute atomic E-state index is 0.154. The maximum Gasteiger partial charge on any atom is 0.178 e. The van der Waals surface area contributed by atoms with Crippen LogP contribution in [-0.2, 0) is 16.7 Å². The molecule has 0 atom stereocenters. The lowest BCUT2D eigenvalue weighted by Gasteiger charge is -2.18. The number of tetrazole rings is 1. The molecule has 2 aromatic carbocycles. The van der Waals surface area contributed by atoms with E-state index in [1.54, 1.807) is 6.21 Å². The molecule has 1 N–H and O–H groups in total. The highest BCUT2D eigenvalue weighted by Gasteiger charge is 2.12. The molecule has 0 spiro atoms. The van der Waals surface area contributed by atoms with Gasteiger partial charge in [0, 0.05) is 12.8 Å². The molecule has 1 aromatic heterocycles. The first-order valence-corrected chi connectivity index (χ1v) is 9.71. The van der Waals surface area contributed by atoms with E-state index >= 15 is 0 Å². The summed E-state index contributed by atoms with van der Waals surface area (Å²) in [6.07, 6.45) is 3.13. The van der Waals surface area contributed by atoms with Crippen LogP contribution >= 0.6 is 0 Å². The fourth-order valence-corrected chi connectivity index (χ4v) is 2.68. The van der Waals surface area contributed by atoms with Crippen molar-refractivity contribution in [2.75, 3.05) is 13.2 Å². The smallest absolute Gasteiger partial charge is 0.178 e. The van der Waals surface area contributed by atoms with Gasteiger partial charge >= 0.3 is 0 Å². The molecule has 7 heteroatoms. The lowest BCUT2D eigenvalue weighted by Crippen LogP contribution is -2.10. The third kappa shape index (κ3) is 6.71. The van der Waals surface area contributed by atoms with Crippen LogP contribution in [0.4, 0.5) is 0 Å². The lowest BCUT2D eigenvalue weighted by molar-refractivity contribution is 0.129. The van der Waals surface area contributed by atoms with Gasteiger partial charge in [-0.25, -0.2) is 0 Å². The van der Waals surface area contributed by atoms with Gasteiger partial charge in [-0.3, -0.25) is 0 Å². The Morgan fingerprint density at radius 3 is 2.41 bits per heavy atom. The van der Waals surface area contributed by atoms with Crippen LogP contribution in [0.5, 0.6) is 5.75 Å². The summed E-state index contributed by atoms with van der Waals surface area (Å²) < 4.78 is 5.72. The molecular weight excluding hydrogens is 366 g/mol. The Hall–Kier alpha value is -3.22. The molecular formula is C22H27N5O2. The van der Waals surface area contributed by atoms with Crippen LogP contribution in [0, 0.1) is 0 Å². The van der Waals surface area contributed by atoms with E-state index in [0.29, 0.717) is 25.5 Å². The van der Waals surface area contributed by atoms with Crippen molar-refractivity contribution in [3.05, 3.63) is 71.0 Å². The van der Waals surface area contributed by atoms with Crippen LogP contribution in [0.2, 0.25) is 0 Å². The Labute approximate surface area is 171 Å². The molecule has 3 aromatic rings. The van der Waals surface area contributed by atoms with Crippen molar-refractivity contribution in [1.82, 2.24) is 20.6 Å². The predicted octanol–water partition coefficient (Wildman–Crippen LogP) is 3.91. The normalized spacial score (nSPS) is 11.7. The van der Waals surface area contributed by atoms with Crippen molar-refractivity contribution in [3.63, 3.8) is 0 Å². The molecule has 0 unspecified atom stereocenters. The molecule has 0 saturated carbocycles. The van der Waals surface area contributed by atoms with Crippen LogP contribution in [-0.4, -0.2) is 40.1 Å². The van der Waals surface area contributed by atoms with Crippen molar-refractivity contribution in [1.29, 1.82) is 0 Å². The second kappa shape index (κ2) is 9.82. The molecule has 0 amide bonds. The van der Waals surface area contributed by atoms with Gasteiger partial charge < -0.3 is 9.57 Å². The summed E-state index contributed by atoms with van der Waals surface area (Å²) in [5.74, 6) is 1.49. The van der Waals surface area contributed by atoms with Gasteiger partial charge in [0.25, 0.3) is 0 Å². The minimum Gasteiger partial charge on any atom is -0.493 e. The number of H-pyrrole nitrogens is 1. The van der Waals surface area contributed by atoms with Crippen LogP contribution < -0.4 is 4.74 Å².